The summed E-state index contributed by atoms with van der Waals surface area (Å²) in [6.07, 6.45) is -4.83. The minimum atomic E-state index is -4.83. The van der Waals surface area contributed by atoms with Gasteiger partial charge in [0.05, 0.1) is 0 Å². The van der Waals surface area contributed by atoms with Gasteiger partial charge in [0.2, 0.25) is 12.1 Å². The Morgan fingerprint density at radius 3 is 2.17 bits per heavy atom. The summed E-state index contributed by atoms with van der Waals surface area (Å²) in [5.41, 5.74) is -1.46. The van der Waals surface area contributed by atoms with E-state index in [-0.39, 0.29) is 12.1 Å². The van der Waals surface area contributed by atoms with Gasteiger partial charge in [-0.25, -0.2) is 0 Å². The lowest BCUT2D eigenvalue weighted by atomic mass is 9.88. The van der Waals surface area contributed by atoms with E-state index in [2.05, 4.69) is 5.32 Å². The zero-order chi connectivity index (χ0) is 17.8. The molecule has 7 heteroatoms. The number of nitrogens with zero attached hydrogens (tertiary/aromatic N) is 1. The summed E-state index contributed by atoms with van der Waals surface area (Å²) >= 11 is 0. The average Bonchev–Trinajstić information content (AvgIpc) is 2.52. The molecule has 0 spiro atoms. The Kier molecular flexibility index (Phi) is 5.23. The number of benzene rings is 2. The molecule has 0 saturated heterocycles. The van der Waals surface area contributed by atoms with Gasteiger partial charge in [-0.2, -0.15) is 13.2 Å². The number of alkyl halides is 3. The molecular weight excluding hydrogens is 321 g/mol. The number of hydrogen-bond donors (Lipinski definition) is 1. The van der Waals surface area contributed by atoms with Gasteiger partial charge < -0.3 is 0 Å². The molecule has 1 N–H and O–H groups in total. The van der Waals surface area contributed by atoms with Crippen molar-refractivity contribution in [1.29, 1.82) is 0 Å². The maximum absolute atomic E-state index is 13.9. The summed E-state index contributed by atoms with van der Waals surface area (Å²) < 4.78 is 41.6. The lowest BCUT2D eigenvalue weighted by molar-refractivity contribution is -0.504. The van der Waals surface area contributed by atoms with Gasteiger partial charge in [0, 0.05) is 11.5 Å². The Morgan fingerprint density at radius 1 is 1.04 bits per heavy atom. The van der Waals surface area contributed by atoms with Gasteiger partial charge in [-0.15, -0.1) is 0 Å². The Hall–Kier alpha value is -2.41. The fraction of sp³-hybridized carbons (Fsp3) is 0.294. The van der Waals surface area contributed by atoms with Crippen LogP contribution in [0.25, 0.3) is 0 Å². The molecule has 0 unspecified atom stereocenters. The molecule has 2 aromatic rings. The van der Waals surface area contributed by atoms with Crippen molar-refractivity contribution in [2.45, 2.75) is 25.2 Å². The standard InChI is InChI=1S/C17H17F3N2O2/c1-13-7-5-6-8-14(13)11-21-16(12-22(23)24,17(18,19)20)15-9-3-2-4-10-15/h2-10,21H,11-12H2,1H3/t16-/m0/s1. The molecule has 2 rings (SSSR count). The maximum Gasteiger partial charge on any atom is 0.417 e. The lowest BCUT2D eigenvalue weighted by Crippen LogP contribution is -2.58. The summed E-state index contributed by atoms with van der Waals surface area (Å²) in [5.74, 6) is 0. The molecule has 4 nitrogen and oxygen atoms in total. The van der Waals surface area contributed by atoms with Crippen LogP contribution in [0.1, 0.15) is 16.7 Å². The zero-order valence-corrected chi connectivity index (χ0v) is 13.0. The van der Waals surface area contributed by atoms with Crippen molar-refractivity contribution in [3.05, 3.63) is 81.4 Å². The molecule has 0 aliphatic carbocycles. The van der Waals surface area contributed by atoms with E-state index >= 15 is 0 Å². The second kappa shape index (κ2) is 7.00. The Labute approximate surface area is 137 Å². The number of nitro groups is 1. The first-order chi connectivity index (χ1) is 11.3. The molecule has 0 aromatic heterocycles. The third-order valence-electron chi connectivity index (χ3n) is 3.96. The number of aryl methyl sites for hydroxylation is 1. The highest BCUT2D eigenvalue weighted by Crippen LogP contribution is 2.39. The van der Waals surface area contributed by atoms with Gasteiger partial charge in [-0.3, -0.25) is 15.4 Å². The molecule has 0 saturated carbocycles. The summed E-state index contributed by atoms with van der Waals surface area (Å²) in [4.78, 5) is 10.0. The molecule has 1 atom stereocenters. The Bertz CT molecular complexity index is 704. The molecule has 0 heterocycles. The van der Waals surface area contributed by atoms with Crippen molar-refractivity contribution in [3.63, 3.8) is 0 Å². The van der Waals surface area contributed by atoms with E-state index in [4.69, 9.17) is 0 Å². The first kappa shape index (κ1) is 17.9. The van der Waals surface area contributed by atoms with Crippen LogP contribution in [-0.4, -0.2) is 17.6 Å². The first-order valence-corrected chi connectivity index (χ1v) is 7.30. The summed E-state index contributed by atoms with van der Waals surface area (Å²) in [5, 5.41) is 13.4. The van der Waals surface area contributed by atoms with E-state index in [0.29, 0.717) is 5.56 Å². The van der Waals surface area contributed by atoms with Crippen LogP contribution in [-0.2, 0) is 12.1 Å². The topological polar surface area (TPSA) is 55.2 Å². The van der Waals surface area contributed by atoms with E-state index in [1.165, 1.54) is 24.3 Å². The normalized spacial score (nSPS) is 14.2. The van der Waals surface area contributed by atoms with Crippen LogP contribution in [0.2, 0.25) is 0 Å². The van der Waals surface area contributed by atoms with Crippen LogP contribution in [0.5, 0.6) is 0 Å². The molecular formula is C17H17F3N2O2. The van der Waals surface area contributed by atoms with Crippen LogP contribution in [0.3, 0.4) is 0 Å². The van der Waals surface area contributed by atoms with E-state index < -0.39 is 23.2 Å². The van der Waals surface area contributed by atoms with Gasteiger partial charge in [0.1, 0.15) is 0 Å². The van der Waals surface area contributed by atoms with Crippen LogP contribution in [0.15, 0.2) is 54.6 Å². The minimum absolute atomic E-state index is 0.130. The highest BCUT2D eigenvalue weighted by atomic mass is 19.4. The van der Waals surface area contributed by atoms with Crippen molar-refractivity contribution in [2.75, 3.05) is 6.54 Å². The molecule has 24 heavy (non-hydrogen) atoms. The van der Waals surface area contributed by atoms with E-state index in [9.17, 15) is 23.3 Å². The average molecular weight is 338 g/mol. The second-order valence-corrected chi connectivity index (χ2v) is 5.54. The van der Waals surface area contributed by atoms with Gasteiger partial charge in [-0.1, -0.05) is 54.6 Å². The van der Waals surface area contributed by atoms with E-state index in [0.717, 1.165) is 5.56 Å². The molecule has 0 aliphatic heterocycles. The lowest BCUT2D eigenvalue weighted by Gasteiger charge is -2.34. The smallest absolute Gasteiger partial charge is 0.290 e. The van der Waals surface area contributed by atoms with Gasteiger partial charge in [0.25, 0.3) is 0 Å². The SMILES string of the molecule is Cc1ccccc1CN[C@@](C[N+](=O)[O-])(c1ccccc1)C(F)(F)F. The number of nitrogens with one attached hydrogen (secondary N) is 1. The van der Waals surface area contributed by atoms with Crippen LogP contribution >= 0.6 is 0 Å². The molecule has 0 radical (unpaired) electrons. The predicted molar refractivity (Wildman–Crippen MR) is 84.1 cm³/mol. The quantitative estimate of drug-likeness (QED) is 0.643. The molecule has 2 aromatic carbocycles. The minimum Gasteiger partial charge on any atom is -0.290 e. The van der Waals surface area contributed by atoms with Gasteiger partial charge in [0.15, 0.2) is 0 Å². The largest absolute Gasteiger partial charge is 0.417 e. The highest BCUT2D eigenvalue weighted by molar-refractivity contribution is 5.29. The van der Waals surface area contributed by atoms with Crippen molar-refractivity contribution < 1.29 is 18.1 Å². The Balaban J connectivity index is 2.45. The predicted octanol–water partition coefficient (Wildman–Crippen LogP) is 3.82. The van der Waals surface area contributed by atoms with Crippen molar-refractivity contribution in [1.82, 2.24) is 5.32 Å². The third-order valence-corrected chi connectivity index (χ3v) is 3.96. The molecule has 0 aliphatic rings. The zero-order valence-electron chi connectivity index (χ0n) is 13.0. The van der Waals surface area contributed by atoms with Crippen molar-refractivity contribution >= 4 is 0 Å². The van der Waals surface area contributed by atoms with Crippen LogP contribution in [0.4, 0.5) is 13.2 Å². The fourth-order valence-electron chi connectivity index (χ4n) is 2.57. The highest BCUT2D eigenvalue weighted by Gasteiger charge is 2.59. The van der Waals surface area contributed by atoms with Crippen molar-refractivity contribution in [3.8, 4) is 0 Å². The number of halogens is 3. The summed E-state index contributed by atoms with van der Waals surface area (Å²) in [6.45, 7) is 0.365. The third kappa shape index (κ3) is 3.73. The summed E-state index contributed by atoms with van der Waals surface area (Å²) in [6, 6.07) is 13.9. The van der Waals surface area contributed by atoms with Gasteiger partial charge in [-0.05, 0) is 23.6 Å². The molecule has 0 fully saturated rings. The molecule has 0 amide bonds. The summed E-state index contributed by atoms with van der Waals surface area (Å²) in [7, 11) is 0. The van der Waals surface area contributed by atoms with E-state index in [1.54, 1.807) is 37.3 Å². The van der Waals surface area contributed by atoms with Crippen LogP contribution in [0, 0.1) is 17.0 Å². The van der Waals surface area contributed by atoms with Crippen molar-refractivity contribution in [2.24, 2.45) is 0 Å². The first-order valence-electron chi connectivity index (χ1n) is 7.30. The second-order valence-electron chi connectivity index (χ2n) is 5.54. The Morgan fingerprint density at radius 2 is 1.62 bits per heavy atom. The maximum atomic E-state index is 13.9. The number of rotatable bonds is 6. The van der Waals surface area contributed by atoms with E-state index in [1.807, 2.05) is 0 Å². The van der Waals surface area contributed by atoms with Crippen LogP contribution < -0.4 is 5.32 Å². The molecule has 128 valence electrons. The monoisotopic (exact) mass is 338 g/mol. The fourth-order valence-corrected chi connectivity index (χ4v) is 2.57. The molecule has 0 bridgehead atoms. The number of hydrogen-bond acceptors (Lipinski definition) is 3. The van der Waals surface area contributed by atoms with Gasteiger partial charge >= 0.3 is 6.18 Å².